The maximum atomic E-state index is 12.1. The maximum absolute atomic E-state index is 12.1. The number of hydrogen-bond acceptors (Lipinski definition) is 4. The number of likely N-dealkylation sites (tertiary alicyclic amines) is 1. The normalized spacial score (nSPS) is 18.2. The molecular formula is C18H27N3O2S. The zero-order valence-corrected chi connectivity index (χ0v) is 15.3. The van der Waals surface area contributed by atoms with Crippen molar-refractivity contribution in [2.75, 3.05) is 37.0 Å². The monoisotopic (exact) mass is 349 g/mol. The number of benzene rings is 1. The van der Waals surface area contributed by atoms with Crippen LogP contribution in [0.2, 0.25) is 0 Å². The first-order valence-electron chi connectivity index (χ1n) is 8.54. The topological polar surface area (TPSA) is 61.4 Å². The Bertz CT molecular complexity index is 548. The second kappa shape index (κ2) is 9.69. The Balaban J connectivity index is 1.81. The average Bonchev–Trinajstić information content (AvgIpc) is 2.61. The predicted octanol–water partition coefficient (Wildman–Crippen LogP) is 2.13. The number of carbonyl (C=O) groups excluding carboxylic acids is 2. The maximum Gasteiger partial charge on any atom is 0.313 e. The molecule has 1 saturated heterocycles. The smallest absolute Gasteiger partial charge is 0.313 e. The number of nitrogens with one attached hydrogen (secondary N) is 2. The fraction of sp³-hybridized carbons (Fsp3) is 0.556. The van der Waals surface area contributed by atoms with Crippen LogP contribution >= 0.6 is 11.8 Å². The van der Waals surface area contributed by atoms with Gasteiger partial charge in [-0.25, -0.2) is 0 Å². The molecule has 0 saturated carbocycles. The van der Waals surface area contributed by atoms with E-state index < -0.39 is 11.8 Å². The first-order chi connectivity index (χ1) is 11.6. The predicted molar refractivity (Wildman–Crippen MR) is 100 cm³/mol. The van der Waals surface area contributed by atoms with E-state index in [1.807, 2.05) is 36.0 Å². The number of likely N-dealkylation sites (N-methyl/N-ethyl adjacent to an activating group) is 1. The molecule has 24 heavy (non-hydrogen) atoms. The van der Waals surface area contributed by atoms with Gasteiger partial charge in [0.2, 0.25) is 0 Å². The lowest BCUT2D eigenvalue weighted by Gasteiger charge is -2.32. The van der Waals surface area contributed by atoms with Crippen LogP contribution in [0.15, 0.2) is 24.3 Å². The Labute approximate surface area is 148 Å². The van der Waals surface area contributed by atoms with E-state index in [9.17, 15) is 9.59 Å². The van der Waals surface area contributed by atoms with Crippen LogP contribution in [0.4, 0.5) is 5.69 Å². The number of hydrogen-bond donors (Lipinski definition) is 2. The number of aryl methyl sites for hydroxylation is 1. The Morgan fingerprint density at radius 1 is 1.25 bits per heavy atom. The van der Waals surface area contributed by atoms with Gasteiger partial charge in [-0.3, -0.25) is 9.59 Å². The van der Waals surface area contributed by atoms with Gasteiger partial charge in [0.25, 0.3) is 0 Å². The van der Waals surface area contributed by atoms with E-state index in [2.05, 4.69) is 28.7 Å². The van der Waals surface area contributed by atoms with E-state index in [0.29, 0.717) is 5.69 Å². The van der Waals surface area contributed by atoms with Gasteiger partial charge in [-0.05, 0) is 62.1 Å². The van der Waals surface area contributed by atoms with Crippen molar-refractivity contribution in [3.8, 4) is 0 Å². The third-order valence-corrected chi connectivity index (χ3v) is 4.91. The average molecular weight is 350 g/mol. The van der Waals surface area contributed by atoms with Crippen molar-refractivity contribution in [2.24, 2.45) is 0 Å². The molecule has 5 nitrogen and oxygen atoms in total. The van der Waals surface area contributed by atoms with Crippen LogP contribution in [0.1, 0.15) is 25.3 Å². The highest BCUT2D eigenvalue weighted by atomic mass is 32.2. The lowest BCUT2D eigenvalue weighted by atomic mass is 10.1. The first-order valence-corrected chi connectivity index (χ1v) is 9.93. The second-order valence-corrected chi connectivity index (χ2v) is 7.09. The van der Waals surface area contributed by atoms with Gasteiger partial charge < -0.3 is 15.5 Å². The van der Waals surface area contributed by atoms with Crippen molar-refractivity contribution in [1.29, 1.82) is 0 Å². The summed E-state index contributed by atoms with van der Waals surface area (Å²) < 4.78 is 0. The molecule has 0 aliphatic carbocycles. The molecule has 0 bridgehead atoms. The van der Waals surface area contributed by atoms with Crippen LogP contribution in [0.25, 0.3) is 0 Å². The summed E-state index contributed by atoms with van der Waals surface area (Å²) in [6.45, 7) is 4.97. The van der Waals surface area contributed by atoms with Crippen molar-refractivity contribution >= 4 is 29.3 Å². The molecule has 1 aromatic carbocycles. The van der Waals surface area contributed by atoms with Gasteiger partial charge in [0.05, 0.1) is 0 Å². The lowest BCUT2D eigenvalue weighted by Crippen LogP contribution is -2.50. The number of rotatable bonds is 6. The van der Waals surface area contributed by atoms with Crippen LogP contribution < -0.4 is 10.6 Å². The van der Waals surface area contributed by atoms with Crippen molar-refractivity contribution in [3.63, 3.8) is 0 Å². The van der Waals surface area contributed by atoms with Crippen LogP contribution in [-0.4, -0.2) is 54.4 Å². The summed E-state index contributed by atoms with van der Waals surface area (Å²) in [5.41, 5.74) is 1.88. The summed E-state index contributed by atoms with van der Waals surface area (Å²) >= 11 is 1.81. The molecule has 1 atom stereocenters. The van der Waals surface area contributed by atoms with Crippen molar-refractivity contribution in [1.82, 2.24) is 10.2 Å². The molecule has 2 N–H and O–H groups in total. The Kier molecular flexibility index (Phi) is 7.59. The number of nitrogens with zero attached hydrogens (tertiary/aromatic N) is 1. The van der Waals surface area contributed by atoms with Gasteiger partial charge in [-0.1, -0.05) is 19.1 Å². The molecule has 1 fully saturated rings. The zero-order valence-electron chi connectivity index (χ0n) is 14.5. The molecule has 0 spiro atoms. The van der Waals surface area contributed by atoms with Crippen LogP contribution in [-0.2, 0) is 16.0 Å². The van der Waals surface area contributed by atoms with Gasteiger partial charge in [-0.15, -0.1) is 0 Å². The van der Waals surface area contributed by atoms with Gasteiger partial charge in [0, 0.05) is 18.3 Å². The molecule has 1 aromatic rings. The van der Waals surface area contributed by atoms with E-state index in [1.54, 1.807) is 0 Å². The molecule has 1 aliphatic heterocycles. The zero-order chi connectivity index (χ0) is 17.4. The number of anilines is 1. The van der Waals surface area contributed by atoms with Gasteiger partial charge in [0.15, 0.2) is 0 Å². The Morgan fingerprint density at radius 2 is 2.00 bits per heavy atom. The van der Waals surface area contributed by atoms with Crippen LogP contribution in [0.3, 0.4) is 0 Å². The molecule has 0 radical (unpaired) electrons. The molecule has 1 unspecified atom stereocenters. The molecule has 6 heteroatoms. The molecule has 2 amide bonds. The van der Waals surface area contributed by atoms with Crippen molar-refractivity contribution in [3.05, 3.63) is 29.8 Å². The largest absolute Gasteiger partial charge is 0.344 e. The van der Waals surface area contributed by atoms with Gasteiger partial charge in [-0.2, -0.15) is 11.8 Å². The summed E-state index contributed by atoms with van der Waals surface area (Å²) in [5.74, 6) is -0.0746. The highest BCUT2D eigenvalue weighted by Crippen LogP contribution is 2.12. The molecule has 2 rings (SSSR count). The first kappa shape index (κ1) is 18.8. The number of carbonyl (C=O) groups is 2. The molecule has 1 heterocycles. The Morgan fingerprint density at radius 3 is 2.67 bits per heavy atom. The fourth-order valence-corrected chi connectivity index (χ4v) is 3.31. The highest BCUT2D eigenvalue weighted by Gasteiger charge is 2.23. The Hall–Kier alpha value is -1.53. The fourth-order valence-electron chi connectivity index (χ4n) is 2.87. The summed E-state index contributed by atoms with van der Waals surface area (Å²) in [7, 11) is 0. The summed E-state index contributed by atoms with van der Waals surface area (Å²) in [6, 6.07) is 7.74. The SMILES string of the molecule is CCN1CCCC(NC(=O)C(=O)Nc2ccc(CCSC)cc2)C1. The summed E-state index contributed by atoms with van der Waals surface area (Å²) in [5, 5.41) is 5.52. The summed E-state index contributed by atoms with van der Waals surface area (Å²) in [6.07, 6.45) is 5.07. The van der Waals surface area contributed by atoms with E-state index >= 15 is 0 Å². The number of piperidine rings is 1. The van der Waals surface area contributed by atoms with E-state index in [-0.39, 0.29) is 6.04 Å². The quantitative estimate of drug-likeness (QED) is 0.773. The highest BCUT2D eigenvalue weighted by molar-refractivity contribution is 7.98. The molecule has 132 valence electrons. The van der Waals surface area contributed by atoms with Crippen LogP contribution in [0.5, 0.6) is 0 Å². The van der Waals surface area contributed by atoms with Crippen molar-refractivity contribution in [2.45, 2.75) is 32.2 Å². The second-order valence-electron chi connectivity index (χ2n) is 6.10. The summed E-state index contributed by atoms with van der Waals surface area (Å²) in [4.78, 5) is 26.4. The third kappa shape index (κ3) is 5.83. The van der Waals surface area contributed by atoms with E-state index in [1.165, 1.54) is 5.56 Å². The number of thioether (sulfide) groups is 1. The third-order valence-electron chi connectivity index (χ3n) is 4.30. The van der Waals surface area contributed by atoms with Crippen LogP contribution in [0, 0.1) is 0 Å². The molecular weight excluding hydrogens is 322 g/mol. The van der Waals surface area contributed by atoms with Crippen molar-refractivity contribution < 1.29 is 9.59 Å². The minimum atomic E-state index is -0.597. The molecule has 0 aromatic heterocycles. The standard InChI is InChI=1S/C18H27N3O2S/c1-3-21-11-4-5-16(13-21)20-18(23)17(22)19-15-8-6-14(7-9-15)10-12-24-2/h6-9,16H,3-5,10-13H2,1-2H3,(H,19,22)(H,20,23). The van der Waals surface area contributed by atoms with E-state index in [0.717, 1.165) is 44.6 Å². The van der Waals surface area contributed by atoms with E-state index in [4.69, 9.17) is 0 Å². The molecule has 1 aliphatic rings. The number of amides is 2. The minimum Gasteiger partial charge on any atom is -0.344 e. The lowest BCUT2D eigenvalue weighted by molar-refractivity contribution is -0.136. The minimum absolute atomic E-state index is 0.0610. The van der Waals surface area contributed by atoms with Gasteiger partial charge in [0.1, 0.15) is 0 Å². The van der Waals surface area contributed by atoms with Gasteiger partial charge >= 0.3 is 11.8 Å².